The number of nitrogens with one attached hydrogen (secondary N) is 1. The Bertz CT molecular complexity index is 1050. The molecular weight excluding hydrogens is 401 g/mol. The second-order valence-electron chi connectivity index (χ2n) is 7.58. The van der Waals surface area contributed by atoms with Crippen LogP contribution < -0.4 is 10.2 Å². The first-order valence-corrected chi connectivity index (χ1v) is 10.8. The van der Waals surface area contributed by atoms with E-state index in [2.05, 4.69) is 15.5 Å². The van der Waals surface area contributed by atoms with Crippen LogP contribution in [0.3, 0.4) is 0 Å². The Hall–Kier alpha value is -2.87. The lowest BCUT2D eigenvalue weighted by atomic mass is 10.2. The maximum atomic E-state index is 14.3. The van der Waals surface area contributed by atoms with E-state index in [0.717, 1.165) is 24.2 Å². The van der Waals surface area contributed by atoms with Gasteiger partial charge in [0.25, 0.3) is 0 Å². The van der Waals surface area contributed by atoms with E-state index in [9.17, 15) is 9.18 Å². The molecule has 0 spiro atoms. The molecule has 0 radical (unpaired) electrons. The zero-order chi connectivity index (χ0) is 21.3. The monoisotopic (exact) mass is 425 g/mol. The van der Waals surface area contributed by atoms with Crippen LogP contribution in [0.4, 0.5) is 15.8 Å². The first-order chi connectivity index (χ1) is 14.4. The lowest BCUT2D eigenvalue weighted by molar-refractivity contribution is -0.115. The summed E-state index contributed by atoms with van der Waals surface area (Å²) in [4.78, 5) is 14.7. The van der Waals surface area contributed by atoms with Crippen molar-refractivity contribution in [3.8, 4) is 11.4 Å². The lowest BCUT2D eigenvalue weighted by Crippen LogP contribution is -2.23. The summed E-state index contributed by atoms with van der Waals surface area (Å²) < 4.78 is 16.3. The summed E-state index contributed by atoms with van der Waals surface area (Å²) in [6, 6.07) is 14.5. The Morgan fingerprint density at radius 3 is 2.50 bits per heavy atom. The second-order valence-corrected chi connectivity index (χ2v) is 8.89. The molecule has 3 aromatic rings. The van der Waals surface area contributed by atoms with E-state index in [1.807, 2.05) is 54.8 Å². The summed E-state index contributed by atoms with van der Waals surface area (Å²) in [6.45, 7) is 1.84. The van der Waals surface area contributed by atoms with Crippen molar-refractivity contribution in [3.05, 3.63) is 54.3 Å². The molecule has 0 aliphatic heterocycles. The SMILES string of the molecule is CC(Sc1nnc(-c2ccccc2F)n1C1CC1)C(=O)Nc1ccc(N(C)C)cc1. The molecule has 1 aliphatic rings. The van der Waals surface area contributed by atoms with Crippen molar-refractivity contribution >= 4 is 29.0 Å². The average Bonchev–Trinajstić information content (AvgIpc) is 3.49. The molecule has 2 aromatic carbocycles. The molecule has 30 heavy (non-hydrogen) atoms. The Kier molecular flexibility index (Phi) is 5.76. The third kappa shape index (κ3) is 4.33. The van der Waals surface area contributed by atoms with Crippen LogP contribution in [0.15, 0.2) is 53.7 Å². The van der Waals surface area contributed by atoms with E-state index in [4.69, 9.17) is 0 Å². The van der Waals surface area contributed by atoms with Crippen molar-refractivity contribution in [2.24, 2.45) is 0 Å². The van der Waals surface area contributed by atoms with Gasteiger partial charge in [0.15, 0.2) is 11.0 Å². The summed E-state index contributed by atoms with van der Waals surface area (Å²) >= 11 is 1.34. The van der Waals surface area contributed by atoms with Crippen molar-refractivity contribution in [1.82, 2.24) is 14.8 Å². The minimum atomic E-state index is -0.381. The predicted molar refractivity (Wildman–Crippen MR) is 118 cm³/mol. The van der Waals surface area contributed by atoms with Crippen LogP contribution in [0.1, 0.15) is 25.8 Å². The smallest absolute Gasteiger partial charge is 0.237 e. The van der Waals surface area contributed by atoms with Crippen LogP contribution in [0.5, 0.6) is 0 Å². The molecular formula is C22H24FN5OS. The van der Waals surface area contributed by atoms with E-state index in [1.165, 1.54) is 17.8 Å². The third-order valence-electron chi connectivity index (χ3n) is 4.99. The topological polar surface area (TPSA) is 63.1 Å². The van der Waals surface area contributed by atoms with Gasteiger partial charge in [0, 0.05) is 31.5 Å². The Labute approximate surface area is 179 Å². The van der Waals surface area contributed by atoms with E-state index in [0.29, 0.717) is 16.5 Å². The number of rotatable bonds is 7. The normalized spacial score (nSPS) is 14.4. The van der Waals surface area contributed by atoms with Crippen molar-refractivity contribution in [3.63, 3.8) is 0 Å². The van der Waals surface area contributed by atoms with Gasteiger partial charge in [-0.15, -0.1) is 10.2 Å². The van der Waals surface area contributed by atoms with Gasteiger partial charge in [0.2, 0.25) is 5.91 Å². The molecule has 6 nitrogen and oxygen atoms in total. The van der Waals surface area contributed by atoms with Gasteiger partial charge in [-0.25, -0.2) is 4.39 Å². The fraction of sp³-hybridized carbons (Fsp3) is 0.318. The van der Waals surface area contributed by atoms with Crippen LogP contribution in [0.25, 0.3) is 11.4 Å². The average molecular weight is 426 g/mol. The Balaban J connectivity index is 1.50. The number of carbonyl (C=O) groups is 1. The highest BCUT2D eigenvalue weighted by Gasteiger charge is 2.32. The molecule has 1 amide bonds. The van der Waals surface area contributed by atoms with E-state index in [-0.39, 0.29) is 23.0 Å². The van der Waals surface area contributed by atoms with Crippen molar-refractivity contribution in [1.29, 1.82) is 0 Å². The number of benzene rings is 2. The van der Waals surface area contributed by atoms with Crippen molar-refractivity contribution in [2.75, 3.05) is 24.3 Å². The maximum absolute atomic E-state index is 14.3. The summed E-state index contributed by atoms with van der Waals surface area (Å²) in [5.74, 6) is 0.0793. The minimum absolute atomic E-state index is 0.115. The van der Waals surface area contributed by atoms with E-state index in [1.54, 1.807) is 18.2 Å². The molecule has 1 aromatic heterocycles. The molecule has 0 saturated heterocycles. The summed E-state index contributed by atoms with van der Waals surface area (Å²) in [5, 5.41) is 11.7. The van der Waals surface area contributed by atoms with Gasteiger partial charge in [0.1, 0.15) is 5.82 Å². The summed E-state index contributed by atoms with van der Waals surface area (Å²) in [5.41, 5.74) is 2.24. The quantitative estimate of drug-likeness (QED) is 0.561. The number of nitrogens with zero attached hydrogens (tertiary/aromatic N) is 4. The zero-order valence-electron chi connectivity index (χ0n) is 17.2. The third-order valence-corrected chi connectivity index (χ3v) is 6.05. The summed E-state index contributed by atoms with van der Waals surface area (Å²) in [6.07, 6.45) is 2.01. The highest BCUT2D eigenvalue weighted by Crippen LogP contribution is 2.42. The van der Waals surface area contributed by atoms with Gasteiger partial charge < -0.3 is 10.2 Å². The molecule has 1 aliphatic carbocycles. The van der Waals surface area contributed by atoms with E-state index < -0.39 is 0 Å². The molecule has 1 fully saturated rings. The Morgan fingerprint density at radius 1 is 1.17 bits per heavy atom. The van der Waals surface area contributed by atoms with Crippen molar-refractivity contribution in [2.45, 2.75) is 36.2 Å². The number of carbonyl (C=O) groups excluding carboxylic acids is 1. The maximum Gasteiger partial charge on any atom is 0.237 e. The van der Waals surface area contributed by atoms with Crippen LogP contribution in [0, 0.1) is 5.82 Å². The highest BCUT2D eigenvalue weighted by atomic mass is 32.2. The molecule has 156 valence electrons. The molecule has 4 rings (SSSR count). The molecule has 1 atom stereocenters. The largest absolute Gasteiger partial charge is 0.378 e. The molecule has 0 bridgehead atoms. The Morgan fingerprint density at radius 2 is 1.87 bits per heavy atom. The van der Waals surface area contributed by atoms with Gasteiger partial charge in [-0.3, -0.25) is 9.36 Å². The number of hydrogen-bond donors (Lipinski definition) is 1. The first kappa shape index (κ1) is 20.4. The molecule has 1 unspecified atom stereocenters. The lowest BCUT2D eigenvalue weighted by Gasteiger charge is -2.15. The zero-order valence-corrected chi connectivity index (χ0v) is 18.0. The minimum Gasteiger partial charge on any atom is -0.378 e. The second kappa shape index (κ2) is 8.47. The molecule has 1 heterocycles. The van der Waals surface area contributed by atoms with Gasteiger partial charge in [0.05, 0.1) is 10.8 Å². The number of halogens is 1. The number of aromatic nitrogens is 3. The fourth-order valence-electron chi connectivity index (χ4n) is 3.14. The van der Waals surface area contributed by atoms with Gasteiger partial charge >= 0.3 is 0 Å². The van der Waals surface area contributed by atoms with Crippen LogP contribution in [-0.2, 0) is 4.79 Å². The van der Waals surface area contributed by atoms with E-state index >= 15 is 0 Å². The van der Waals surface area contributed by atoms with Gasteiger partial charge in [-0.1, -0.05) is 23.9 Å². The summed E-state index contributed by atoms with van der Waals surface area (Å²) in [7, 11) is 3.94. The van der Waals surface area contributed by atoms with Gasteiger partial charge in [-0.05, 0) is 56.2 Å². The van der Waals surface area contributed by atoms with Crippen LogP contribution in [0.2, 0.25) is 0 Å². The molecule has 1 saturated carbocycles. The molecule has 1 N–H and O–H groups in total. The van der Waals surface area contributed by atoms with Gasteiger partial charge in [-0.2, -0.15) is 0 Å². The van der Waals surface area contributed by atoms with Crippen LogP contribution >= 0.6 is 11.8 Å². The number of anilines is 2. The number of thioether (sulfide) groups is 1. The number of amides is 1. The first-order valence-electron chi connectivity index (χ1n) is 9.88. The standard InChI is InChI=1S/C22H24FN5OS/c1-14(21(29)24-15-8-10-16(11-9-15)27(2)3)30-22-26-25-20(28(22)17-12-13-17)18-6-4-5-7-19(18)23/h4-11,14,17H,12-13H2,1-3H3,(H,24,29). The highest BCUT2D eigenvalue weighted by molar-refractivity contribution is 8.00. The fourth-order valence-corrected chi connectivity index (χ4v) is 4.06. The van der Waals surface area contributed by atoms with Crippen molar-refractivity contribution < 1.29 is 9.18 Å². The van der Waals surface area contributed by atoms with Crippen LogP contribution in [-0.4, -0.2) is 40.0 Å². The number of hydrogen-bond acceptors (Lipinski definition) is 5. The predicted octanol–water partition coefficient (Wildman–Crippen LogP) is 4.60. The molecule has 8 heteroatoms.